The summed E-state index contributed by atoms with van der Waals surface area (Å²) in [6.07, 6.45) is -3.07. The van der Waals surface area contributed by atoms with Crippen LogP contribution in [0.1, 0.15) is 19.4 Å². The smallest absolute Gasteiger partial charge is 0.418 e. The van der Waals surface area contributed by atoms with Crippen molar-refractivity contribution in [3.8, 4) is 11.6 Å². The Kier molecular flexibility index (Phi) is 8.02. The van der Waals surface area contributed by atoms with Gasteiger partial charge in [0.1, 0.15) is 0 Å². The van der Waals surface area contributed by atoms with Gasteiger partial charge in [0.25, 0.3) is 0 Å². The fourth-order valence-electron chi connectivity index (χ4n) is 3.08. The summed E-state index contributed by atoms with van der Waals surface area (Å²) in [5.74, 6) is 0.232. The molecule has 3 rings (SSSR count). The van der Waals surface area contributed by atoms with Crippen LogP contribution in [-0.4, -0.2) is 50.8 Å². The third-order valence-corrected chi connectivity index (χ3v) is 5.60. The van der Waals surface area contributed by atoms with Crippen LogP contribution in [0.5, 0.6) is 0 Å². The van der Waals surface area contributed by atoms with Gasteiger partial charge in [0.15, 0.2) is 16.7 Å². The van der Waals surface area contributed by atoms with E-state index in [1.807, 2.05) is 18.4 Å². The number of benzene rings is 1. The van der Waals surface area contributed by atoms with Gasteiger partial charge in [0.05, 0.1) is 29.8 Å². The first-order valence-electron chi connectivity index (χ1n) is 10.4. The zero-order valence-corrected chi connectivity index (χ0v) is 19.6. The minimum absolute atomic E-state index is 0.0305. The number of hydrogen-bond acceptors (Lipinski definition) is 6. The SMILES string of the molecule is CC(C)Cn1c(SCC(=O)N(C)CC(=O)Nc2ccccc2C(F)(F)F)nnc1-c1ccco1. The molecule has 12 heteroatoms. The summed E-state index contributed by atoms with van der Waals surface area (Å²) in [7, 11) is 1.41. The highest BCUT2D eigenvalue weighted by molar-refractivity contribution is 7.99. The van der Waals surface area contributed by atoms with Gasteiger partial charge in [-0.3, -0.25) is 14.2 Å². The number of carbonyl (C=O) groups excluding carboxylic acids is 2. The van der Waals surface area contributed by atoms with Gasteiger partial charge in [-0.25, -0.2) is 0 Å². The Hall–Kier alpha value is -3.28. The number of aromatic nitrogens is 3. The zero-order chi connectivity index (χ0) is 24.9. The fourth-order valence-corrected chi connectivity index (χ4v) is 3.97. The second-order valence-electron chi connectivity index (χ2n) is 7.92. The first kappa shape index (κ1) is 25.3. The number of likely N-dealkylation sites (N-methyl/N-ethyl adjacent to an activating group) is 1. The van der Waals surface area contributed by atoms with Crippen LogP contribution >= 0.6 is 11.8 Å². The Morgan fingerprint density at radius 3 is 2.56 bits per heavy atom. The third kappa shape index (κ3) is 6.40. The van der Waals surface area contributed by atoms with Crippen LogP contribution in [0.3, 0.4) is 0 Å². The average molecular weight is 496 g/mol. The third-order valence-electron chi connectivity index (χ3n) is 4.64. The molecular formula is C22H24F3N5O3S. The van der Waals surface area contributed by atoms with Crippen LogP contribution in [0.2, 0.25) is 0 Å². The summed E-state index contributed by atoms with van der Waals surface area (Å²) in [6.45, 7) is 4.28. The van der Waals surface area contributed by atoms with E-state index < -0.39 is 24.2 Å². The lowest BCUT2D eigenvalue weighted by Crippen LogP contribution is -2.36. The number of thioether (sulfide) groups is 1. The zero-order valence-electron chi connectivity index (χ0n) is 18.8. The Morgan fingerprint density at radius 1 is 1.18 bits per heavy atom. The Labute approximate surface area is 198 Å². The molecule has 0 saturated carbocycles. The molecule has 1 aromatic carbocycles. The van der Waals surface area contributed by atoms with E-state index in [9.17, 15) is 22.8 Å². The molecule has 0 unspecified atom stereocenters. The predicted octanol–water partition coefficient (Wildman–Crippen LogP) is 4.40. The molecule has 2 aromatic heterocycles. The number of nitrogens with zero attached hydrogens (tertiary/aromatic N) is 4. The second-order valence-corrected chi connectivity index (χ2v) is 8.86. The van der Waals surface area contributed by atoms with Crippen LogP contribution in [-0.2, 0) is 22.3 Å². The van der Waals surface area contributed by atoms with Crippen molar-refractivity contribution in [1.29, 1.82) is 0 Å². The average Bonchev–Trinajstić information content (AvgIpc) is 3.41. The molecule has 2 amide bonds. The largest absolute Gasteiger partial charge is 0.461 e. The molecule has 0 aliphatic heterocycles. The van der Waals surface area contributed by atoms with Crippen molar-refractivity contribution in [3.63, 3.8) is 0 Å². The minimum Gasteiger partial charge on any atom is -0.461 e. The summed E-state index contributed by atoms with van der Waals surface area (Å²) in [5.41, 5.74) is -1.31. The van der Waals surface area contributed by atoms with Gasteiger partial charge in [0.2, 0.25) is 11.8 Å². The second kappa shape index (κ2) is 10.8. The lowest BCUT2D eigenvalue weighted by molar-refractivity contribution is -0.137. The van der Waals surface area contributed by atoms with E-state index in [4.69, 9.17) is 4.42 Å². The van der Waals surface area contributed by atoms with Crippen LogP contribution in [0.25, 0.3) is 11.6 Å². The van der Waals surface area contributed by atoms with Crippen molar-refractivity contribution in [1.82, 2.24) is 19.7 Å². The van der Waals surface area contributed by atoms with Crippen molar-refractivity contribution >= 4 is 29.3 Å². The van der Waals surface area contributed by atoms with Gasteiger partial charge >= 0.3 is 6.18 Å². The topological polar surface area (TPSA) is 93.3 Å². The van der Waals surface area contributed by atoms with E-state index >= 15 is 0 Å². The van der Waals surface area contributed by atoms with Gasteiger partial charge in [-0.2, -0.15) is 13.2 Å². The van der Waals surface area contributed by atoms with Crippen LogP contribution in [0.15, 0.2) is 52.2 Å². The summed E-state index contributed by atoms with van der Waals surface area (Å²) < 4.78 is 46.6. The molecule has 0 bridgehead atoms. The lowest BCUT2D eigenvalue weighted by Gasteiger charge is -2.18. The van der Waals surface area contributed by atoms with E-state index in [0.717, 1.165) is 28.8 Å². The number of amides is 2. The van der Waals surface area contributed by atoms with Gasteiger partial charge in [-0.1, -0.05) is 37.7 Å². The molecule has 0 saturated heterocycles. The van der Waals surface area contributed by atoms with Gasteiger partial charge in [-0.15, -0.1) is 10.2 Å². The molecule has 182 valence electrons. The van der Waals surface area contributed by atoms with Crippen molar-refractivity contribution in [3.05, 3.63) is 48.2 Å². The van der Waals surface area contributed by atoms with Crippen LogP contribution in [0, 0.1) is 5.92 Å². The highest BCUT2D eigenvalue weighted by Crippen LogP contribution is 2.34. The number of carbonyl (C=O) groups is 2. The first-order chi connectivity index (χ1) is 16.1. The molecule has 0 atom stereocenters. The molecule has 0 aliphatic carbocycles. The summed E-state index contributed by atoms with van der Waals surface area (Å²) in [6, 6.07) is 8.18. The maximum Gasteiger partial charge on any atom is 0.418 e. The molecule has 1 N–H and O–H groups in total. The van der Waals surface area contributed by atoms with E-state index in [1.54, 1.807) is 12.1 Å². The van der Waals surface area contributed by atoms with Crippen LogP contribution < -0.4 is 5.32 Å². The molecule has 0 aliphatic rings. The molecule has 0 radical (unpaired) electrons. The maximum atomic E-state index is 13.1. The molecule has 8 nitrogen and oxygen atoms in total. The van der Waals surface area contributed by atoms with Crippen molar-refractivity contribution in [2.75, 3.05) is 24.7 Å². The van der Waals surface area contributed by atoms with E-state index in [1.165, 1.54) is 25.4 Å². The monoisotopic (exact) mass is 495 g/mol. The number of alkyl halides is 3. The summed E-state index contributed by atoms with van der Waals surface area (Å²) in [4.78, 5) is 26.0. The van der Waals surface area contributed by atoms with E-state index in [-0.39, 0.29) is 23.3 Å². The predicted molar refractivity (Wildman–Crippen MR) is 121 cm³/mol. The quantitative estimate of drug-likeness (QED) is 0.443. The van der Waals surface area contributed by atoms with Gasteiger partial charge < -0.3 is 14.6 Å². The number of furan rings is 1. The molecule has 34 heavy (non-hydrogen) atoms. The summed E-state index contributed by atoms with van der Waals surface area (Å²) in [5, 5.41) is 11.1. The fraction of sp³-hybridized carbons (Fsp3) is 0.364. The number of nitrogens with one attached hydrogen (secondary N) is 1. The standard InChI is InChI=1S/C22H24F3N5O3S/c1-14(2)11-30-20(17-9-6-10-33-17)27-28-21(30)34-13-19(32)29(3)12-18(31)26-16-8-5-4-7-15(16)22(23,24)25/h4-10,14H,11-13H2,1-3H3,(H,26,31). The summed E-state index contributed by atoms with van der Waals surface area (Å²) >= 11 is 1.16. The Morgan fingerprint density at radius 2 is 1.91 bits per heavy atom. The molecule has 0 fully saturated rings. The van der Waals surface area contributed by atoms with Gasteiger partial charge in [-0.05, 0) is 30.2 Å². The minimum atomic E-state index is -4.61. The Balaban J connectivity index is 1.61. The highest BCUT2D eigenvalue weighted by Gasteiger charge is 2.33. The van der Waals surface area contributed by atoms with Crippen molar-refractivity contribution < 1.29 is 27.2 Å². The van der Waals surface area contributed by atoms with Crippen LogP contribution in [0.4, 0.5) is 18.9 Å². The maximum absolute atomic E-state index is 13.1. The van der Waals surface area contributed by atoms with E-state index in [0.29, 0.717) is 23.3 Å². The first-order valence-corrected chi connectivity index (χ1v) is 11.3. The normalized spacial score (nSPS) is 11.6. The molecule has 2 heterocycles. The van der Waals surface area contributed by atoms with Crippen molar-refractivity contribution in [2.24, 2.45) is 5.92 Å². The molecule has 0 spiro atoms. The molecule has 3 aromatic rings. The number of hydrogen-bond donors (Lipinski definition) is 1. The highest BCUT2D eigenvalue weighted by atomic mass is 32.2. The Bertz CT molecular complexity index is 1130. The number of anilines is 1. The number of halogens is 3. The van der Waals surface area contributed by atoms with Gasteiger partial charge in [0, 0.05) is 13.6 Å². The lowest BCUT2D eigenvalue weighted by atomic mass is 10.1. The number of rotatable bonds is 9. The number of para-hydroxylation sites is 1. The molecular weight excluding hydrogens is 471 g/mol. The van der Waals surface area contributed by atoms with E-state index in [2.05, 4.69) is 15.5 Å². The van der Waals surface area contributed by atoms with Crippen molar-refractivity contribution in [2.45, 2.75) is 31.7 Å².